The van der Waals surface area contributed by atoms with Crippen LogP contribution in [0.15, 0.2) is 30.3 Å². The molecule has 0 fully saturated rings. The van der Waals surface area contributed by atoms with Gasteiger partial charge in [-0.2, -0.15) is 0 Å². The second-order valence-electron chi connectivity index (χ2n) is 7.09. The standard InChI is InChI=1S/C22H26N2O2/c1-14-11-15(2)21-18(12-14)17(5-3-4-8-23)22(24-21)16-6-7-19-20(13-16)26-10-9-25-19/h6-7,11-13,24H,3-5,8-10,23H2,1-2H3. The number of ether oxygens (including phenoxy) is 2. The summed E-state index contributed by atoms with van der Waals surface area (Å²) in [5.74, 6) is 1.65. The average Bonchev–Trinajstić information content (AvgIpc) is 3.00. The highest BCUT2D eigenvalue weighted by atomic mass is 16.6. The maximum absolute atomic E-state index is 5.79. The van der Waals surface area contributed by atoms with E-state index in [9.17, 15) is 0 Å². The zero-order valence-electron chi connectivity index (χ0n) is 15.5. The number of aryl methyl sites for hydroxylation is 3. The molecule has 3 N–H and O–H groups in total. The van der Waals surface area contributed by atoms with E-state index in [-0.39, 0.29) is 0 Å². The first-order valence-electron chi connectivity index (χ1n) is 9.39. The van der Waals surface area contributed by atoms with Crippen molar-refractivity contribution in [1.82, 2.24) is 4.98 Å². The molecule has 0 bridgehead atoms. The maximum Gasteiger partial charge on any atom is 0.162 e. The van der Waals surface area contributed by atoms with Crippen LogP contribution in [0.5, 0.6) is 11.5 Å². The van der Waals surface area contributed by atoms with Crippen LogP contribution in [-0.2, 0) is 6.42 Å². The minimum atomic E-state index is 0.602. The lowest BCUT2D eigenvalue weighted by molar-refractivity contribution is 0.171. The molecule has 0 unspecified atom stereocenters. The van der Waals surface area contributed by atoms with Gasteiger partial charge in [-0.05, 0) is 75.0 Å². The van der Waals surface area contributed by atoms with Gasteiger partial charge in [0, 0.05) is 22.2 Å². The van der Waals surface area contributed by atoms with E-state index in [1.54, 1.807) is 0 Å². The van der Waals surface area contributed by atoms with Crippen LogP contribution in [0.4, 0.5) is 0 Å². The predicted octanol–water partition coefficient (Wildman–Crippen LogP) is 4.50. The van der Waals surface area contributed by atoms with Gasteiger partial charge in [-0.1, -0.05) is 11.6 Å². The van der Waals surface area contributed by atoms with E-state index in [4.69, 9.17) is 15.2 Å². The van der Waals surface area contributed by atoms with Crippen molar-refractivity contribution < 1.29 is 9.47 Å². The molecule has 4 rings (SSSR count). The largest absolute Gasteiger partial charge is 0.486 e. The molecule has 0 saturated carbocycles. The van der Waals surface area contributed by atoms with Crippen LogP contribution in [-0.4, -0.2) is 24.7 Å². The minimum absolute atomic E-state index is 0.602. The summed E-state index contributed by atoms with van der Waals surface area (Å²) in [4.78, 5) is 3.68. The van der Waals surface area contributed by atoms with E-state index in [0.29, 0.717) is 13.2 Å². The lowest BCUT2D eigenvalue weighted by atomic mass is 9.98. The van der Waals surface area contributed by atoms with E-state index in [2.05, 4.69) is 43.1 Å². The van der Waals surface area contributed by atoms with Crippen molar-refractivity contribution in [1.29, 1.82) is 0 Å². The second-order valence-corrected chi connectivity index (χ2v) is 7.09. The lowest BCUT2D eigenvalue weighted by Crippen LogP contribution is -2.15. The number of hydrogen-bond donors (Lipinski definition) is 2. The highest BCUT2D eigenvalue weighted by Gasteiger charge is 2.18. The summed E-state index contributed by atoms with van der Waals surface area (Å²) in [6, 6.07) is 10.7. The highest BCUT2D eigenvalue weighted by molar-refractivity contribution is 5.93. The molecule has 1 aliphatic heterocycles. The van der Waals surface area contributed by atoms with E-state index in [1.807, 2.05) is 6.07 Å². The third-order valence-corrected chi connectivity index (χ3v) is 5.07. The molecule has 0 amide bonds. The SMILES string of the molecule is Cc1cc(C)c2[nH]c(-c3ccc4c(c3)OCCO4)c(CCCCN)c2c1. The molecule has 4 nitrogen and oxygen atoms in total. The van der Waals surface area contributed by atoms with Crippen molar-refractivity contribution >= 4 is 10.9 Å². The van der Waals surface area contributed by atoms with Gasteiger partial charge in [0.2, 0.25) is 0 Å². The maximum atomic E-state index is 5.79. The minimum Gasteiger partial charge on any atom is -0.486 e. The Balaban J connectivity index is 1.85. The smallest absolute Gasteiger partial charge is 0.162 e. The van der Waals surface area contributed by atoms with Crippen molar-refractivity contribution in [3.05, 3.63) is 47.0 Å². The lowest BCUT2D eigenvalue weighted by Gasteiger charge is -2.19. The van der Waals surface area contributed by atoms with Crippen LogP contribution in [0.1, 0.15) is 29.5 Å². The van der Waals surface area contributed by atoms with Gasteiger partial charge < -0.3 is 20.2 Å². The first-order valence-corrected chi connectivity index (χ1v) is 9.39. The first kappa shape index (κ1) is 17.0. The van der Waals surface area contributed by atoms with Gasteiger partial charge in [-0.25, -0.2) is 0 Å². The molecule has 0 saturated heterocycles. The van der Waals surface area contributed by atoms with Gasteiger partial charge in [-0.15, -0.1) is 0 Å². The normalized spacial score (nSPS) is 13.3. The van der Waals surface area contributed by atoms with Gasteiger partial charge in [0.1, 0.15) is 13.2 Å². The van der Waals surface area contributed by atoms with Crippen molar-refractivity contribution in [2.75, 3.05) is 19.8 Å². The highest BCUT2D eigenvalue weighted by Crippen LogP contribution is 2.38. The van der Waals surface area contributed by atoms with Crippen LogP contribution >= 0.6 is 0 Å². The number of nitrogens with two attached hydrogens (primary N) is 1. The van der Waals surface area contributed by atoms with E-state index in [0.717, 1.165) is 42.9 Å². The fourth-order valence-electron chi connectivity index (χ4n) is 3.86. The van der Waals surface area contributed by atoms with Crippen LogP contribution in [0, 0.1) is 13.8 Å². The zero-order valence-corrected chi connectivity index (χ0v) is 15.5. The quantitative estimate of drug-likeness (QED) is 0.666. The van der Waals surface area contributed by atoms with Gasteiger partial charge in [-0.3, -0.25) is 0 Å². The number of aromatic nitrogens is 1. The van der Waals surface area contributed by atoms with Crippen molar-refractivity contribution in [3.63, 3.8) is 0 Å². The third kappa shape index (κ3) is 3.06. The number of nitrogens with one attached hydrogen (secondary N) is 1. The fraction of sp³-hybridized carbons (Fsp3) is 0.364. The molecule has 3 aromatic rings. The zero-order chi connectivity index (χ0) is 18.1. The van der Waals surface area contributed by atoms with Gasteiger partial charge in [0.15, 0.2) is 11.5 Å². The van der Waals surface area contributed by atoms with Crippen LogP contribution < -0.4 is 15.2 Å². The fourth-order valence-corrected chi connectivity index (χ4v) is 3.86. The van der Waals surface area contributed by atoms with Crippen LogP contribution in [0.25, 0.3) is 22.2 Å². The molecule has 26 heavy (non-hydrogen) atoms. The molecule has 0 aliphatic carbocycles. The number of unbranched alkanes of at least 4 members (excludes halogenated alkanes) is 1. The summed E-state index contributed by atoms with van der Waals surface area (Å²) in [6.45, 7) is 6.28. The molecule has 1 aliphatic rings. The molecule has 2 heterocycles. The van der Waals surface area contributed by atoms with Crippen molar-refractivity contribution in [2.45, 2.75) is 33.1 Å². The van der Waals surface area contributed by atoms with E-state index >= 15 is 0 Å². The molecule has 0 atom stereocenters. The molecular formula is C22H26N2O2. The van der Waals surface area contributed by atoms with E-state index < -0.39 is 0 Å². The summed E-state index contributed by atoms with van der Waals surface area (Å²) in [7, 11) is 0. The Hall–Kier alpha value is -2.46. The third-order valence-electron chi connectivity index (χ3n) is 5.07. The number of H-pyrrole nitrogens is 1. The summed E-state index contributed by atoms with van der Waals surface area (Å²) >= 11 is 0. The molecular weight excluding hydrogens is 324 g/mol. The Morgan fingerprint density at radius 2 is 1.81 bits per heavy atom. The van der Waals surface area contributed by atoms with Gasteiger partial charge in [0.05, 0.1) is 0 Å². The number of aromatic amines is 1. The topological polar surface area (TPSA) is 60.3 Å². The van der Waals surface area contributed by atoms with Gasteiger partial charge in [0.25, 0.3) is 0 Å². The summed E-state index contributed by atoms with van der Waals surface area (Å²) in [5.41, 5.74) is 13.2. The molecule has 0 spiro atoms. The van der Waals surface area contributed by atoms with E-state index in [1.165, 1.54) is 33.3 Å². The van der Waals surface area contributed by atoms with Crippen LogP contribution in [0.3, 0.4) is 0 Å². The Kier molecular flexibility index (Phi) is 4.60. The molecule has 4 heteroatoms. The second kappa shape index (κ2) is 7.04. The number of benzene rings is 2. The number of hydrogen-bond acceptors (Lipinski definition) is 3. The number of fused-ring (bicyclic) bond motifs is 2. The monoisotopic (exact) mass is 350 g/mol. The summed E-state index contributed by atoms with van der Waals surface area (Å²) < 4.78 is 11.5. The van der Waals surface area contributed by atoms with Crippen molar-refractivity contribution in [3.8, 4) is 22.8 Å². The van der Waals surface area contributed by atoms with Crippen molar-refractivity contribution in [2.24, 2.45) is 5.73 Å². The molecule has 0 radical (unpaired) electrons. The Bertz CT molecular complexity index is 943. The first-order chi connectivity index (χ1) is 12.7. The average molecular weight is 350 g/mol. The van der Waals surface area contributed by atoms with Gasteiger partial charge >= 0.3 is 0 Å². The van der Waals surface area contributed by atoms with Crippen LogP contribution in [0.2, 0.25) is 0 Å². The summed E-state index contributed by atoms with van der Waals surface area (Å²) in [5, 5.41) is 1.32. The molecule has 1 aromatic heterocycles. The Morgan fingerprint density at radius 1 is 1.00 bits per heavy atom. The molecule has 2 aromatic carbocycles. The summed E-state index contributed by atoms with van der Waals surface area (Å²) in [6.07, 6.45) is 3.15. The Morgan fingerprint density at radius 3 is 2.62 bits per heavy atom. The predicted molar refractivity (Wildman–Crippen MR) is 106 cm³/mol. The Labute approximate surface area is 154 Å². The molecule has 136 valence electrons. The number of rotatable bonds is 5.